The minimum atomic E-state index is 0.485. The summed E-state index contributed by atoms with van der Waals surface area (Å²) in [6.45, 7) is 9.75. The van der Waals surface area contributed by atoms with Crippen LogP contribution in [0, 0.1) is 0 Å². The van der Waals surface area contributed by atoms with Crippen LogP contribution < -0.4 is 5.32 Å². The zero-order valence-corrected chi connectivity index (χ0v) is 13.7. The van der Waals surface area contributed by atoms with E-state index in [-0.39, 0.29) is 0 Å². The molecule has 1 aliphatic rings. The molecule has 1 saturated carbocycles. The number of hydrogen-bond acceptors (Lipinski definition) is 2. The number of rotatable bonds is 6. The molecule has 0 bridgehead atoms. The maximum absolute atomic E-state index is 6.34. The van der Waals surface area contributed by atoms with Gasteiger partial charge in [-0.15, -0.1) is 0 Å². The second-order valence-corrected chi connectivity index (χ2v) is 6.78. The lowest BCUT2D eigenvalue weighted by atomic mass is 9.95. The lowest BCUT2D eigenvalue weighted by Crippen LogP contribution is -2.22. The number of hydrogen-bond donors (Lipinski definition) is 1. The normalized spacial score (nSPS) is 16.8. The minimum Gasteiger partial charge on any atom is -0.459 e. The van der Waals surface area contributed by atoms with E-state index in [1.807, 2.05) is 0 Å². The van der Waals surface area contributed by atoms with Crippen molar-refractivity contribution in [2.45, 2.75) is 71.4 Å². The van der Waals surface area contributed by atoms with Gasteiger partial charge in [0.25, 0.3) is 0 Å². The van der Waals surface area contributed by atoms with Gasteiger partial charge in [-0.3, -0.25) is 0 Å². The van der Waals surface area contributed by atoms with E-state index < -0.39 is 0 Å². The van der Waals surface area contributed by atoms with E-state index in [4.69, 9.17) is 4.42 Å². The second-order valence-electron chi connectivity index (χ2n) is 6.78. The van der Waals surface area contributed by atoms with Crippen molar-refractivity contribution in [2.75, 3.05) is 0 Å². The smallest absolute Gasteiger partial charge is 0.138 e. The Hall–Kier alpha value is -1.28. The molecule has 0 spiro atoms. The topological polar surface area (TPSA) is 25.2 Å². The van der Waals surface area contributed by atoms with Gasteiger partial charge >= 0.3 is 0 Å². The largest absolute Gasteiger partial charge is 0.459 e. The second kappa shape index (κ2) is 5.84. The van der Waals surface area contributed by atoms with Crippen molar-refractivity contribution in [3.05, 3.63) is 35.1 Å². The highest BCUT2D eigenvalue weighted by atomic mass is 16.3. The van der Waals surface area contributed by atoms with Crippen LogP contribution >= 0.6 is 0 Å². The zero-order valence-electron chi connectivity index (χ0n) is 13.7. The summed E-state index contributed by atoms with van der Waals surface area (Å²) in [6.07, 6.45) is 3.78. The fourth-order valence-electron chi connectivity index (χ4n) is 3.06. The third-order valence-electron chi connectivity index (χ3n) is 4.66. The summed E-state index contributed by atoms with van der Waals surface area (Å²) < 4.78 is 6.34. The van der Waals surface area contributed by atoms with Gasteiger partial charge in [0.2, 0.25) is 0 Å². The summed E-state index contributed by atoms with van der Waals surface area (Å²) in [7, 11) is 0. The van der Waals surface area contributed by atoms with Crippen LogP contribution in [0.4, 0.5) is 0 Å². The van der Waals surface area contributed by atoms with Gasteiger partial charge in [-0.2, -0.15) is 0 Å². The van der Waals surface area contributed by atoms with Crippen LogP contribution in [-0.2, 0) is 6.54 Å². The predicted octanol–water partition coefficient (Wildman–Crippen LogP) is 5.32. The number of nitrogens with one attached hydrogen (secondary N) is 1. The highest BCUT2D eigenvalue weighted by Crippen LogP contribution is 2.47. The molecule has 0 radical (unpaired) electrons. The van der Waals surface area contributed by atoms with Crippen molar-refractivity contribution in [3.63, 3.8) is 0 Å². The van der Waals surface area contributed by atoms with Crippen LogP contribution in [0.15, 0.2) is 22.6 Å². The van der Waals surface area contributed by atoms with Crippen LogP contribution in [0.25, 0.3) is 11.0 Å². The Balaban J connectivity index is 2.07. The van der Waals surface area contributed by atoms with Crippen LogP contribution in [0.2, 0.25) is 0 Å². The first-order valence-corrected chi connectivity index (χ1v) is 8.39. The van der Waals surface area contributed by atoms with E-state index >= 15 is 0 Å². The van der Waals surface area contributed by atoms with Crippen LogP contribution in [0.1, 0.15) is 75.7 Å². The average molecular weight is 285 g/mol. The SMILES string of the molecule is CCC(C)c1cccc2c(C3CC3)c(CNC(C)C)oc12. The van der Waals surface area contributed by atoms with Crippen LogP contribution in [-0.4, -0.2) is 6.04 Å². The third-order valence-corrected chi connectivity index (χ3v) is 4.66. The fourth-order valence-corrected chi connectivity index (χ4v) is 3.06. The molecule has 114 valence electrons. The van der Waals surface area contributed by atoms with Gasteiger partial charge in [0.15, 0.2) is 0 Å². The molecule has 0 aliphatic heterocycles. The van der Waals surface area contributed by atoms with Gasteiger partial charge in [-0.05, 0) is 36.7 Å². The highest BCUT2D eigenvalue weighted by molar-refractivity contribution is 5.86. The molecular formula is C19H27NO. The average Bonchev–Trinajstić information content (AvgIpc) is 3.24. The van der Waals surface area contributed by atoms with E-state index in [0.717, 1.165) is 30.2 Å². The van der Waals surface area contributed by atoms with E-state index in [1.165, 1.54) is 29.4 Å². The number of furan rings is 1. The molecular weight excluding hydrogens is 258 g/mol. The Morgan fingerprint density at radius 2 is 2.00 bits per heavy atom. The van der Waals surface area contributed by atoms with Crippen molar-refractivity contribution in [1.82, 2.24) is 5.32 Å². The molecule has 1 aliphatic carbocycles. The number of para-hydroxylation sites is 1. The maximum atomic E-state index is 6.34. The summed E-state index contributed by atoms with van der Waals surface area (Å²) >= 11 is 0. The van der Waals surface area contributed by atoms with E-state index in [9.17, 15) is 0 Å². The molecule has 0 saturated heterocycles. The Morgan fingerprint density at radius 3 is 2.62 bits per heavy atom. The number of fused-ring (bicyclic) bond motifs is 1. The Morgan fingerprint density at radius 1 is 1.24 bits per heavy atom. The molecule has 1 aromatic heterocycles. The molecule has 3 rings (SSSR count). The van der Waals surface area contributed by atoms with Crippen molar-refractivity contribution in [3.8, 4) is 0 Å². The Labute approximate surface area is 127 Å². The van der Waals surface area contributed by atoms with Crippen LogP contribution in [0.5, 0.6) is 0 Å². The lowest BCUT2D eigenvalue weighted by Gasteiger charge is -2.09. The van der Waals surface area contributed by atoms with Crippen molar-refractivity contribution in [1.29, 1.82) is 0 Å². The van der Waals surface area contributed by atoms with Gasteiger partial charge in [-0.25, -0.2) is 0 Å². The molecule has 1 fully saturated rings. The van der Waals surface area contributed by atoms with E-state index in [2.05, 4.69) is 51.2 Å². The molecule has 1 heterocycles. The Bertz CT molecular complexity index is 622. The fraction of sp³-hybridized carbons (Fsp3) is 0.579. The molecule has 0 amide bonds. The van der Waals surface area contributed by atoms with Gasteiger partial charge in [-0.1, -0.05) is 45.9 Å². The molecule has 2 heteroatoms. The summed E-state index contributed by atoms with van der Waals surface area (Å²) in [5, 5.41) is 4.87. The molecule has 2 aromatic rings. The van der Waals surface area contributed by atoms with Gasteiger partial charge in [0.05, 0.1) is 6.54 Å². The first kappa shape index (κ1) is 14.6. The summed E-state index contributed by atoms with van der Waals surface area (Å²) in [5.41, 5.74) is 3.98. The maximum Gasteiger partial charge on any atom is 0.138 e. The zero-order chi connectivity index (χ0) is 15.0. The van der Waals surface area contributed by atoms with Crippen LogP contribution in [0.3, 0.4) is 0 Å². The summed E-state index contributed by atoms with van der Waals surface area (Å²) in [6, 6.07) is 7.16. The first-order valence-electron chi connectivity index (χ1n) is 8.39. The number of benzene rings is 1. The van der Waals surface area contributed by atoms with Gasteiger partial charge in [0.1, 0.15) is 11.3 Å². The van der Waals surface area contributed by atoms with Gasteiger partial charge in [0, 0.05) is 17.0 Å². The molecule has 1 atom stereocenters. The molecule has 1 unspecified atom stereocenters. The third kappa shape index (κ3) is 2.87. The van der Waals surface area contributed by atoms with Crippen molar-refractivity contribution >= 4 is 11.0 Å². The standard InChI is InChI=1S/C19H27NO/c1-5-13(4)15-7-6-8-16-18(14-9-10-14)17(21-19(15)16)11-20-12(2)3/h6-8,12-14,20H,5,9-11H2,1-4H3. The minimum absolute atomic E-state index is 0.485. The van der Waals surface area contributed by atoms with E-state index in [1.54, 1.807) is 0 Å². The highest BCUT2D eigenvalue weighted by Gasteiger charge is 2.31. The lowest BCUT2D eigenvalue weighted by molar-refractivity contribution is 0.480. The molecule has 1 aromatic carbocycles. The first-order chi connectivity index (χ1) is 10.1. The van der Waals surface area contributed by atoms with Crippen molar-refractivity contribution in [2.24, 2.45) is 0 Å². The molecule has 1 N–H and O–H groups in total. The Kier molecular flexibility index (Phi) is 4.08. The quantitative estimate of drug-likeness (QED) is 0.777. The monoisotopic (exact) mass is 285 g/mol. The summed E-state index contributed by atoms with van der Waals surface area (Å²) in [4.78, 5) is 0. The van der Waals surface area contributed by atoms with Gasteiger partial charge < -0.3 is 9.73 Å². The predicted molar refractivity (Wildman–Crippen MR) is 88.9 cm³/mol. The van der Waals surface area contributed by atoms with Crippen molar-refractivity contribution < 1.29 is 4.42 Å². The summed E-state index contributed by atoms with van der Waals surface area (Å²) in [5.74, 6) is 2.44. The van der Waals surface area contributed by atoms with E-state index in [0.29, 0.717) is 12.0 Å². The molecule has 2 nitrogen and oxygen atoms in total. The molecule has 21 heavy (non-hydrogen) atoms.